The van der Waals surface area contributed by atoms with E-state index in [4.69, 9.17) is 0 Å². The summed E-state index contributed by atoms with van der Waals surface area (Å²) >= 11 is 1.07. The van der Waals surface area contributed by atoms with Crippen LogP contribution in [0.3, 0.4) is 0 Å². The zero-order valence-corrected chi connectivity index (χ0v) is 15.9. The highest BCUT2D eigenvalue weighted by atomic mass is 32.2. The number of piperidine rings is 1. The second-order valence-electron chi connectivity index (χ2n) is 6.67. The first-order chi connectivity index (χ1) is 9.94. The Morgan fingerprint density at radius 2 is 1.59 bits per heavy atom. The molecule has 2 heterocycles. The number of rotatable bonds is 3. The maximum Gasteiger partial charge on any atom is 0.186 e. The van der Waals surface area contributed by atoms with Gasteiger partial charge in [0.2, 0.25) is 0 Å². The van der Waals surface area contributed by atoms with E-state index in [2.05, 4.69) is 0 Å². The molecule has 0 aliphatic carbocycles. The van der Waals surface area contributed by atoms with E-state index in [1.54, 1.807) is 20.8 Å². The van der Waals surface area contributed by atoms with E-state index in [1.807, 2.05) is 4.90 Å². The van der Waals surface area contributed by atoms with Crippen LogP contribution in [-0.2, 0) is 19.7 Å². The first-order valence-corrected chi connectivity index (χ1v) is 11.5. The summed E-state index contributed by atoms with van der Waals surface area (Å²) in [7, 11) is -7.01. The lowest BCUT2D eigenvalue weighted by atomic mass is 10.1. The van der Waals surface area contributed by atoms with Gasteiger partial charge >= 0.3 is 0 Å². The van der Waals surface area contributed by atoms with Crippen molar-refractivity contribution in [1.82, 2.24) is 0 Å². The van der Waals surface area contributed by atoms with Gasteiger partial charge in [-0.3, -0.25) is 0 Å². The molecule has 0 spiro atoms. The first-order valence-electron chi connectivity index (χ1n) is 7.28. The van der Waals surface area contributed by atoms with Crippen LogP contribution in [0.2, 0.25) is 0 Å². The summed E-state index contributed by atoms with van der Waals surface area (Å²) in [4.78, 5) is 2.17. The normalized spacial score (nSPS) is 17.7. The minimum absolute atomic E-state index is 0.121. The number of hydrogen-bond acceptors (Lipinski definition) is 6. The van der Waals surface area contributed by atoms with Crippen molar-refractivity contribution in [3.63, 3.8) is 0 Å². The largest absolute Gasteiger partial charge is 0.362 e. The number of sulfone groups is 2. The summed E-state index contributed by atoms with van der Waals surface area (Å²) in [6.07, 6.45) is 4.25. The highest BCUT2D eigenvalue weighted by Crippen LogP contribution is 2.41. The molecule has 0 atom stereocenters. The van der Waals surface area contributed by atoms with Crippen LogP contribution < -0.4 is 4.90 Å². The Balaban J connectivity index is 2.63. The maximum absolute atomic E-state index is 12.8. The molecule has 1 saturated heterocycles. The Labute approximate surface area is 137 Å². The van der Waals surface area contributed by atoms with Crippen LogP contribution in [0, 0.1) is 0 Å². The van der Waals surface area contributed by atoms with E-state index >= 15 is 0 Å². The van der Waals surface area contributed by atoms with Gasteiger partial charge in [0, 0.05) is 19.3 Å². The van der Waals surface area contributed by atoms with E-state index in [1.165, 1.54) is 6.07 Å². The zero-order chi connectivity index (χ0) is 16.8. The summed E-state index contributed by atoms with van der Waals surface area (Å²) in [6, 6.07) is 1.34. The Bertz CT molecular complexity index is 748. The first kappa shape index (κ1) is 17.7. The Morgan fingerprint density at radius 3 is 2.05 bits per heavy atom. The molecule has 22 heavy (non-hydrogen) atoms. The average molecular weight is 366 g/mol. The van der Waals surface area contributed by atoms with Crippen molar-refractivity contribution < 1.29 is 16.8 Å². The van der Waals surface area contributed by atoms with Crippen molar-refractivity contribution in [2.24, 2.45) is 0 Å². The Kier molecular flexibility index (Phi) is 4.68. The summed E-state index contributed by atoms with van der Waals surface area (Å²) < 4.78 is 48.6. The smallest absolute Gasteiger partial charge is 0.186 e. The molecule has 0 saturated carbocycles. The molecule has 0 radical (unpaired) electrons. The van der Waals surface area contributed by atoms with Crippen LogP contribution in [-0.4, -0.2) is 40.9 Å². The summed E-state index contributed by atoms with van der Waals surface area (Å²) in [5.74, 6) is 0. The molecule has 126 valence electrons. The summed E-state index contributed by atoms with van der Waals surface area (Å²) in [5, 5.41) is 0.579. The number of anilines is 1. The van der Waals surface area contributed by atoms with Gasteiger partial charge in [0.15, 0.2) is 19.7 Å². The van der Waals surface area contributed by atoms with Gasteiger partial charge in [0.05, 0.1) is 4.75 Å². The summed E-state index contributed by atoms with van der Waals surface area (Å²) in [6.45, 7) is 6.47. The van der Waals surface area contributed by atoms with E-state index in [0.29, 0.717) is 5.00 Å². The van der Waals surface area contributed by atoms with Gasteiger partial charge in [-0.25, -0.2) is 16.8 Å². The summed E-state index contributed by atoms with van der Waals surface area (Å²) in [5.41, 5.74) is 0. The maximum atomic E-state index is 12.8. The average Bonchev–Trinajstić information content (AvgIpc) is 2.83. The molecule has 1 aliphatic heterocycles. The minimum atomic E-state index is -3.59. The van der Waals surface area contributed by atoms with Crippen LogP contribution in [0.4, 0.5) is 5.00 Å². The predicted octanol–water partition coefficient (Wildman–Crippen LogP) is 2.71. The predicted molar refractivity (Wildman–Crippen MR) is 90.4 cm³/mol. The van der Waals surface area contributed by atoms with Crippen molar-refractivity contribution in [2.75, 3.05) is 24.2 Å². The van der Waals surface area contributed by atoms with E-state index in [-0.39, 0.29) is 9.10 Å². The van der Waals surface area contributed by atoms with Crippen molar-refractivity contribution in [2.45, 2.75) is 53.9 Å². The van der Waals surface area contributed by atoms with Gasteiger partial charge < -0.3 is 4.90 Å². The molecular formula is C14H23NO4S3. The van der Waals surface area contributed by atoms with Crippen LogP contribution in [0.5, 0.6) is 0 Å². The highest BCUT2D eigenvalue weighted by molar-refractivity contribution is 7.94. The van der Waals surface area contributed by atoms with Gasteiger partial charge in [-0.15, -0.1) is 11.3 Å². The van der Waals surface area contributed by atoms with Gasteiger partial charge in [0.1, 0.15) is 14.1 Å². The fourth-order valence-corrected chi connectivity index (χ4v) is 6.27. The number of thiophene rings is 1. The molecule has 0 amide bonds. The van der Waals surface area contributed by atoms with E-state index < -0.39 is 24.4 Å². The Hall–Kier alpha value is -0.600. The molecule has 1 aliphatic rings. The van der Waals surface area contributed by atoms with Crippen molar-refractivity contribution in [1.29, 1.82) is 0 Å². The lowest BCUT2D eigenvalue weighted by Crippen LogP contribution is -2.32. The third kappa shape index (κ3) is 3.33. The molecule has 1 aromatic heterocycles. The molecule has 0 unspecified atom stereocenters. The van der Waals surface area contributed by atoms with Crippen LogP contribution in [0.15, 0.2) is 15.2 Å². The number of nitrogens with zero attached hydrogens (tertiary/aromatic N) is 1. The molecular weight excluding hydrogens is 342 g/mol. The van der Waals surface area contributed by atoms with E-state index in [0.717, 1.165) is 49.9 Å². The molecule has 0 bridgehead atoms. The van der Waals surface area contributed by atoms with Crippen LogP contribution >= 0.6 is 11.3 Å². The fourth-order valence-electron chi connectivity index (χ4n) is 2.37. The van der Waals surface area contributed by atoms with Gasteiger partial charge in [-0.1, -0.05) is 0 Å². The fraction of sp³-hybridized carbons (Fsp3) is 0.714. The van der Waals surface area contributed by atoms with E-state index in [9.17, 15) is 16.8 Å². The van der Waals surface area contributed by atoms with Gasteiger partial charge in [0.25, 0.3) is 0 Å². The molecule has 8 heteroatoms. The Morgan fingerprint density at radius 1 is 1.05 bits per heavy atom. The monoisotopic (exact) mass is 365 g/mol. The quantitative estimate of drug-likeness (QED) is 0.823. The SMILES string of the molecule is CC(C)(C)S(=O)(=O)c1cc(S(C)(=O)=O)sc1N1CCCCC1. The topological polar surface area (TPSA) is 71.5 Å². The van der Waals surface area contributed by atoms with Crippen LogP contribution in [0.25, 0.3) is 0 Å². The third-order valence-electron chi connectivity index (χ3n) is 3.76. The lowest BCUT2D eigenvalue weighted by molar-refractivity contribution is 0.556. The van der Waals surface area contributed by atoms with Crippen molar-refractivity contribution >= 4 is 36.0 Å². The van der Waals surface area contributed by atoms with Crippen LogP contribution in [0.1, 0.15) is 40.0 Å². The molecule has 0 N–H and O–H groups in total. The van der Waals surface area contributed by atoms with Gasteiger partial charge in [-0.05, 0) is 46.1 Å². The second-order valence-corrected chi connectivity index (χ2v) is 12.6. The van der Waals surface area contributed by atoms with Crippen molar-refractivity contribution in [3.05, 3.63) is 6.07 Å². The number of hydrogen-bond donors (Lipinski definition) is 0. The van der Waals surface area contributed by atoms with Crippen molar-refractivity contribution in [3.8, 4) is 0 Å². The third-order valence-corrected chi connectivity index (χ3v) is 9.39. The molecule has 1 aromatic rings. The highest BCUT2D eigenvalue weighted by Gasteiger charge is 2.36. The lowest BCUT2D eigenvalue weighted by Gasteiger charge is -2.29. The standard InChI is InChI=1S/C14H23NO4S3/c1-14(2,3)22(18,19)11-10-12(21(4,16)17)20-13(11)15-8-6-5-7-9-15/h10H,5-9H2,1-4H3. The minimum Gasteiger partial charge on any atom is -0.362 e. The molecule has 1 fully saturated rings. The molecule has 5 nitrogen and oxygen atoms in total. The zero-order valence-electron chi connectivity index (χ0n) is 13.4. The molecule has 2 rings (SSSR count). The second kappa shape index (κ2) is 5.79. The van der Waals surface area contributed by atoms with Gasteiger partial charge in [-0.2, -0.15) is 0 Å². The molecule has 0 aromatic carbocycles.